The number of halogens is 2. The molecule has 0 bridgehead atoms. The van der Waals surface area contributed by atoms with E-state index in [9.17, 15) is 9.59 Å². The first kappa shape index (κ1) is 18.9. The van der Waals surface area contributed by atoms with E-state index < -0.39 is 5.97 Å². The largest absolute Gasteiger partial charge is 0.461 e. The average Bonchev–Trinajstić information content (AvgIpc) is 3.27. The van der Waals surface area contributed by atoms with Crippen LogP contribution in [-0.2, 0) is 4.74 Å². The zero-order chi connectivity index (χ0) is 18.8. The fourth-order valence-corrected chi connectivity index (χ4v) is 3.86. The van der Waals surface area contributed by atoms with E-state index in [0.29, 0.717) is 18.1 Å². The van der Waals surface area contributed by atoms with Crippen LogP contribution in [0.25, 0.3) is 0 Å². The SMILES string of the molecule is CCOC(=O)c1[nH]nnc1C(=O)N1CCC(C2=CC(C)C(Cl)C=C2Cl)C1. The van der Waals surface area contributed by atoms with Gasteiger partial charge < -0.3 is 9.64 Å². The molecule has 26 heavy (non-hydrogen) atoms. The average molecular weight is 399 g/mol. The Hall–Kier alpha value is -1.86. The van der Waals surface area contributed by atoms with Crippen molar-refractivity contribution in [2.24, 2.45) is 11.8 Å². The van der Waals surface area contributed by atoms with Crippen molar-refractivity contribution in [1.82, 2.24) is 20.3 Å². The van der Waals surface area contributed by atoms with E-state index in [4.69, 9.17) is 27.9 Å². The summed E-state index contributed by atoms with van der Waals surface area (Å²) < 4.78 is 4.92. The Balaban J connectivity index is 1.73. The number of hydrogen-bond donors (Lipinski definition) is 1. The van der Waals surface area contributed by atoms with Crippen molar-refractivity contribution in [2.75, 3.05) is 19.7 Å². The Morgan fingerprint density at radius 2 is 2.19 bits per heavy atom. The lowest BCUT2D eigenvalue weighted by molar-refractivity contribution is 0.0512. The van der Waals surface area contributed by atoms with E-state index >= 15 is 0 Å². The summed E-state index contributed by atoms with van der Waals surface area (Å²) in [6, 6.07) is 0. The van der Waals surface area contributed by atoms with Gasteiger partial charge in [-0.2, -0.15) is 0 Å². The van der Waals surface area contributed by atoms with Gasteiger partial charge in [0.05, 0.1) is 12.0 Å². The summed E-state index contributed by atoms with van der Waals surface area (Å²) in [6.07, 6.45) is 4.72. The number of ether oxygens (including phenoxy) is 1. The first-order chi connectivity index (χ1) is 12.4. The van der Waals surface area contributed by atoms with Crippen LogP contribution < -0.4 is 0 Å². The van der Waals surface area contributed by atoms with Crippen LogP contribution in [0.2, 0.25) is 0 Å². The molecule has 0 radical (unpaired) electrons. The molecule has 2 heterocycles. The van der Waals surface area contributed by atoms with Crippen LogP contribution in [0.1, 0.15) is 41.2 Å². The highest BCUT2D eigenvalue weighted by Gasteiger charge is 2.35. The van der Waals surface area contributed by atoms with E-state index in [1.807, 2.05) is 13.0 Å². The minimum absolute atomic E-state index is 0.0162. The minimum atomic E-state index is -0.639. The maximum Gasteiger partial charge on any atom is 0.358 e. The molecular formula is C17H20Cl2N4O3. The highest BCUT2D eigenvalue weighted by Crippen LogP contribution is 2.37. The van der Waals surface area contributed by atoms with Gasteiger partial charge in [-0.25, -0.2) is 4.79 Å². The molecule has 1 aliphatic carbocycles. The molecular weight excluding hydrogens is 379 g/mol. The molecule has 3 rings (SSSR count). The van der Waals surface area contributed by atoms with Gasteiger partial charge in [-0.05, 0) is 30.9 Å². The zero-order valence-corrected chi connectivity index (χ0v) is 16.0. The molecule has 7 nitrogen and oxygen atoms in total. The molecule has 1 N–H and O–H groups in total. The van der Waals surface area contributed by atoms with Crippen LogP contribution in [0, 0.1) is 11.8 Å². The van der Waals surface area contributed by atoms with Crippen LogP contribution in [0.3, 0.4) is 0 Å². The number of aromatic amines is 1. The van der Waals surface area contributed by atoms with Gasteiger partial charge in [0.1, 0.15) is 0 Å². The third-order valence-electron chi connectivity index (χ3n) is 4.67. The van der Waals surface area contributed by atoms with E-state index in [-0.39, 0.29) is 41.1 Å². The van der Waals surface area contributed by atoms with Crippen LogP contribution in [0.4, 0.5) is 0 Å². The fourth-order valence-electron chi connectivity index (χ4n) is 3.25. The fraction of sp³-hybridized carbons (Fsp3) is 0.529. The quantitative estimate of drug-likeness (QED) is 0.621. The van der Waals surface area contributed by atoms with Crippen molar-refractivity contribution in [3.63, 3.8) is 0 Å². The van der Waals surface area contributed by atoms with Crippen molar-refractivity contribution in [3.8, 4) is 0 Å². The summed E-state index contributed by atoms with van der Waals surface area (Å²) >= 11 is 12.6. The summed E-state index contributed by atoms with van der Waals surface area (Å²) in [4.78, 5) is 26.3. The minimum Gasteiger partial charge on any atom is -0.461 e. The molecule has 1 aliphatic heterocycles. The summed E-state index contributed by atoms with van der Waals surface area (Å²) in [5.74, 6) is -0.666. The molecule has 0 saturated carbocycles. The number of hydrogen-bond acceptors (Lipinski definition) is 5. The number of carbonyl (C=O) groups excluding carboxylic acids is 2. The number of allylic oxidation sites excluding steroid dienone is 3. The second-order valence-electron chi connectivity index (χ2n) is 6.43. The lowest BCUT2D eigenvalue weighted by atomic mass is 9.89. The Bertz CT molecular complexity index is 774. The number of carbonyl (C=O) groups is 2. The summed E-state index contributed by atoms with van der Waals surface area (Å²) in [5, 5.41) is 10.3. The van der Waals surface area contributed by atoms with Crippen LogP contribution >= 0.6 is 23.2 Å². The topological polar surface area (TPSA) is 88.2 Å². The third-order valence-corrected chi connectivity index (χ3v) is 5.54. The van der Waals surface area contributed by atoms with Crippen molar-refractivity contribution < 1.29 is 14.3 Å². The monoisotopic (exact) mass is 398 g/mol. The summed E-state index contributed by atoms with van der Waals surface area (Å²) in [6.45, 7) is 4.99. The normalized spacial score (nSPS) is 25.7. The van der Waals surface area contributed by atoms with Gasteiger partial charge in [-0.15, -0.1) is 16.7 Å². The van der Waals surface area contributed by atoms with Gasteiger partial charge in [0.25, 0.3) is 5.91 Å². The van der Waals surface area contributed by atoms with Crippen molar-refractivity contribution in [2.45, 2.75) is 25.6 Å². The van der Waals surface area contributed by atoms with Gasteiger partial charge >= 0.3 is 5.97 Å². The first-order valence-electron chi connectivity index (χ1n) is 8.53. The molecule has 9 heteroatoms. The zero-order valence-electron chi connectivity index (χ0n) is 14.5. The highest BCUT2D eigenvalue weighted by atomic mass is 35.5. The standard InChI is InChI=1S/C17H20Cl2N4O3/c1-3-26-17(25)15-14(20-22-21-15)16(24)23-5-4-10(8-23)11-6-9(2)12(18)7-13(11)19/h6-7,9-10,12H,3-5,8H2,1-2H3,(H,20,21,22). The summed E-state index contributed by atoms with van der Waals surface area (Å²) in [7, 11) is 0. The second-order valence-corrected chi connectivity index (χ2v) is 7.34. The van der Waals surface area contributed by atoms with Gasteiger partial charge in [0.15, 0.2) is 11.4 Å². The predicted molar refractivity (Wildman–Crippen MR) is 97.2 cm³/mol. The van der Waals surface area contributed by atoms with E-state index in [2.05, 4.69) is 21.5 Å². The van der Waals surface area contributed by atoms with Crippen molar-refractivity contribution >= 4 is 35.1 Å². The Labute approximate surface area is 161 Å². The first-order valence-corrected chi connectivity index (χ1v) is 9.34. The van der Waals surface area contributed by atoms with Crippen molar-refractivity contribution in [1.29, 1.82) is 0 Å². The van der Waals surface area contributed by atoms with Crippen LogP contribution in [0.15, 0.2) is 22.8 Å². The molecule has 1 amide bonds. The number of rotatable bonds is 4. The van der Waals surface area contributed by atoms with Crippen LogP contribution in [-0.4, -0.2) is 57.3 Å². The molecule has 140 valence electrons. The Kier molecular flexibility index (Phi) is 5.67. The molecule has 3 atom stereocenters. The lowest BCUT2D eigenvalue weighted by Crippen LogP contribution is -2.31. The maximum atomic E-state index is 12.8. The summed E-state index contributed by atoms with van der Waals surface area (Å²) in [5.41, 5.74) is 0.989. The molecule has 1 aromatic rings. The van der Waals surface area contributed by atoms with E-state index in [0.717, 1.165) is 12.0 Å². The maximum absolute atomic E-state index is 12.8. The molecule has 0 aromatic carbocycles. The number of amides is 1. The lowest BCUT2D eigenvalue weighted by Gasteiger charge is -2.24. The number of likely N-dealkylation sites (tertiary alicyclic amines) is 1. The number of aromatic nitrogens is 3. The van der Waals surface area contributed by atoms with Gasteiger partial charge in [-0.1, -0.05) is 29.8 Å². The molecule has 1 saturated heterocycles. The van der Waals surface area contributed by atoms with Gasteiger partial charge in [0, 0.05) is 24.0 Å². The number of esters is 1. The van der Waals surface area contributed by atoms with Gasteiger partial charge in [-0.3, -0.25) is 9.89 Å². The van der Waals surface area contributed by atoms with E-state index in [1.54, 1.807) is 11.8 Å². The Morgan fingerprint density at radius 1 is 1.42 bits per heavy atom. The van der Waals surface area contributed by atoms with E-state index in [1.165, 1.54) is 0 Å². The number of nitrogens with one attached hydrogen (secondary N) is 1. The molecule has 1 fully saturated rings. The number of H-pyrrole nitrogens is 1. The van der Waals surface area contributed by atoms with Crippen LogP contribution in [0.5, 0.6) is 0 Å². The third kappa shape index (κ3) is 3.64. The smallest absolute Gasteiger partial charge is 0.358 e. The van der Waals surface area contributed by atoms with Gasteiger partial charge in [0.2, 0.25) is 0 Å². The predicted octanol–water partition coefficient (Wildman–Crippen LogP) is 2.75. The molecule has 2 aliphatic rings. The highest BCUT2D eigenvalue weighted by molar-refractivity contribution is 6.33. The molecule has 3 unspecified atom stereocenters. The molecule has 0 spiro atoms. The number of alkyl halides is 1. The number of nitrogens with zero attached hydrogens (tertiary/aromatic N) is 3. The second kappa shape index (κ2) is 7.80. The van der Waals surface area contributed by atoms with Crippen molar-refractivity contribution in [3.05, 3.63) is 34.1 Å². The Morgan fingerprint density at radius 3 is 2.92 bits per heavy atom. The molecule has 1 aromatic heterocycles.